The molecule has 4 aliphatic rings. The van der Waals surface area contributed by atoms with Gasteiger partial charge < -0.3 is 20.6 Å². The van der Waals surface area contributed by atoms with Gasteiger partial charge in [-0.05, 0) is 104 Å². The molecule has 4 saturated carbocycles. The summed E-state index contributed by atoms with van der Waals surface area (Å²) >= 11 is 0. The minimum atomic E-state index is -1.02. The lowest BCUT2D eigenvalue weighted by Gasteiger charge is -2.62. The zero-order valence-corrected chi connectivity index (χ0v) is 20.1. The van der Waals surface area contributed by atoms with E-state index in [4.69, 9.17) is 5.11 Å². The number of aliphatic carboxylic acids is 1. The van der Waals surface area contributed by atoms with Crippen molar-refractivity contribution in [1.29, 1.82) is 0 Å². The van der Waals surface area contributed by atoms with E-state index in [1.54, 1.807) is 0 Å². The van der Waals surface area contributed by atoms with E-state index in [0.717, 1.165) is 44.9 Å². The van der Waals surface area contributed by atoms with Gasteiger partial charge in [0.25, 0.3) is 0 Å². The van der Waals surface area contributed by atoms with E-state index in [0.29, 0.717) is 41.9 Å². The molecule has 4 N–H and O–H groups in total. The van der Waals surface area contributed by atoms with Gasteiger partial charge in [0.15, 0.2) is 0 Å². The van der Waals surface area contributed by atoms with Crippen molar-refractivity contribution >= 4 is 11.9 Å². The van der Waals surface area contributed by atoms with Crippen LogP contribution in [-0.4, -0.2) is 45.9 Å². The number of carboxylic acids is 1. The molecule has 1 amide bonds. The van der Waals surface area contributed by atoms with Crippen molar-refractivity contribution in [2.45, 2.75) is 97.2 Å². The number of aliphatic hydroxyl groups excluding tert-OH is 2. The van der Waals surface area contributed by atoms with Crippen LogP contribution < -0.4 is 5.32 Å². The number of hydrogen-bond donors (Lipinski definition) is 4. The SMILES string of the molecule is C[C@H](CCC(=O)NCC(=O)O)[C@H]1CC[C@H]2[C@@H]3CC[C@@H]4CC(O)CC[C@]4(C)[C@H]3C[C@H](O)[C@]12C. The Balaban J connectivity index is 1.45. The van der Waals surface area contributed by atoms with Gasteiger partial charge in [-0.25, -0.2) is 0 Å². The maximum Gasteiger partial charge on any atom is 0.322 e. The first-order valence-corrected chi connectivity index (χ1v) is 12.9. The van der Waals surface area contributed by atoms with Crippen LogP contribution in [0, 0.1) is 46.3 Å². The standard InChI is InChI=1S/C26H43NO5/c1-15(4-9-23(30)27-14-24(31)32)19-7-8-20-18-6-5-16-12-17(28)10-11-25(16,2)21(18)13-22(29)26(19,20)3/h15-22,28-29H,4-14H2,1-3H3,(H,27,30)(H,31,32)/t15-,16-,17?,18+,19-,20+,21+,22+,25+,26-/m1/s1. The highest BCUT2D eigenvalue weighted by molar-refractivity contribution is 5.81. The van der Waals surface area contributed by atoms with Gasteiger partial charge in [0, 0.05) is 6.42 Å². The van der Waals surface area contributed by atoms with Gasteiger partial charge in [-0.15, -0.1) is 0 Å². The highest BCUT2D eigenvalue weighted by Crippen LogP contribution is 2.68. The van der Waals surface area contributed by atoms with Gasteiger partial charge in [0.05, 0.1) is 12.2 Å². The fourth-order valence-electron chi connectivity index (χ4n) is 8.98. The molecule has 32 heavy (non-hydrogen) atoms. The van der Waals surface area contributed by atoms with Crippen molar-refractivity contribution in [3.63, 3.8) is 0 Å². The van der Waals surface area contributed by atoms with E-state index in [9.17, 15) is 19.8 Å². The number of carbonyl (C=O) groups excluding carboxylic acids is 1. The normalized spacial score (nSPS) is 46.5. The van der Waals surface area contributed by atoms with E-state index in [1.165, 1.54) is 12.8 Å². The van der Waals surface area contributed by atoms with Crippen molar-refractivity contribution in [3.05, 3.63) is 0 Å². The molecule has 6 heteroatoms. The van der Waals surface area contributed by atoms with Crippen LogP contribution in [0.15, 0.2) is 0 Å². The van der Waals surface area contributed by atoms with E-state index >= 15 is 0 Å². The second-order valence-corrected chi connectivity index (χ2v) is 12.1. The average molecular weight is 450 g/mol. The fourth-order valence-corrected chi connectivity index (χ4v) is 8.98. The molecule has 4 aliphatic carbocycles. The largest absolute Gasteiger partial charge is 0.480 e. The number of carbonyl (C=O) groups is 2. The molecule has 0 radical (unpaired) electrons. The second kappa shape index (κ2) is 8.90. The van der Waals surface area contributed by atoms with E-state index < -0.39 is 5.97 Å². The Morgan fingerprint density at radius 2 is 1.78 bits per heavy atom. The van der Waals surface area contributed by atoms with Crippen LogP contribution in [0.4, 0.5) is 0 Å². The number of nitrogens with one attached hydrogen (secondary N) is 1. The first-order chi connectivity index (χ1) is 15.1. The van der Waals surface area contributed by atoms with Crippen LogP contribution in [0.3, 0.4) is 0 Å². The fraction of sp³-hybridized carbons (Fsp3) is 0.923. The molecule has 0 heterocycles. The number of aliphatic hydroxyl groups is 2. The molecule has 0 spiro atoms. The monoisotopic (exact) mass is 449 g/mol. The molecule has 0 saturated heterocycles. The van der Waals surface area contributed by atoms with Crippen LogP contribution in [-0.2, 0) is 9.59 Å². The highest BCUT2D eigenvalue weighted by Gasteiger charge is 2.63. The summed E-state index contributed by atoms with van der Waals surface area (Å²) < 4.78 is 0. The zero-order chi connectivity index (χ0) is 23.3. The molecule has 1 unspecified atom stereocenters. The first-order valence-electron chi connectivity index (χ1n) is 12.9. The van der Waals surface area contributed by atoms with Gasteiger partial charge in [0.1, 0.15) is 6.54 Å². The lowest BCUT2D eigenvalue weighted by atomic mass is 9.43. The summed E-state index contributed by atoms with van der Waals surface area (Å²) in [6, 6.07) is 0. The van der Waals surface area contributed by atoms with Crippen molar-refractivity contribution < 1.29 is 24.9 Å². The molecule has 0 aromatic rings. The van der Waals surface area contributed by atoms with Crippen molar-refractivity contribution in [2.24, 2.45) is 46.3 Å². The third-order valence-corrected chi connectivity index (χ3v) is 10.8. The van der Waals surface area contributed by atoms with Gasteiger partial charge in [-0.1, -0.05) is 20.8 Å². The molecule has 10 atom stereocenters. The Labute approximate surface area is 192 Å². The summed E-state index contributed by atoms with van der Waals surface area (Å²) in [4.78, 5) is 22.7. The van der Waals surface area contributed by atoms with Crippen molar-refractivity contribution in [1.82, 2.24) is 5.32 Å². The molecule has 4 rings (SSSR count). The predicted octanol–water partition coefficient (Wildman–Crippen LogP) is 3.59. The quantitative estimate of drug-likeness (QED) is 0.496. The third-order valence-electron chi connectivity index (χ3n) is 10.8. The maximum atomic E-state index is 12.0. The van der Waals surface area contributed by atoms with Gasteiger partial charge in [0.2, 0.25) is 5.91 Å². The topological polar surface area (TPSA) is 107 Å². The van der Waals surface area contributed by atoms with Crippen molar-refractivity contribution in [2.75, 3.05) is 6.54 Å². The first kappa shape index (κ1) is 24.0. The van der Waals surface area contributed by atoms with Crippen LogP contribution in [0.2, 0.25) is 0 Å². The van der Waals surface area contributed by atoms with Crippen LogP contribution in [0.25, 0.3) is 0 Å². The number of rotatable bonds is 6. The van der Waals surface area contributed by atoms with E-state index in [1.807, 2.05) is 0 Å². The van der Waals surface area contributed by atoms with Crippen LogP contribution >= 0.6 is 0 Å². The zero-order valence-electron chi connectivity index (χ0n) is 20.1. The lowest BCUT2D eigenvalue weighted by Crippen LogP contribution is -2.58. The Morgan fingerprint density at radius 3 is 2.50 bits per heavy atom. The van der Waals surface area contributed by atoms with Crippen LogP contribution in [0.5, 0.6) is 0 Å². The summed E-state index contributed by atoms with van der Waals surface area (Å²) in [5.41, 5.74) is 0.145. The summed E-state index contributed by atoms with van der Waals surface area (Å²) in [5, 5.41) is 33.0. The third kappa shape index (κ3) is 4.00. The lowest BCUT2D eigenvalue weighted by molar-refractivity contribution is -0.175. The number of carboxylic acid groups (broad SMARTS) is 1. The molecular weight excluding hydrogens is 406 g/mol. The van der Waals surface area contributed by atoms with Gasteiger partial charge in [-0.2, -0.15) is 0 Å². The minimum absolute atomic E-state index is 0.102. The Kier molecular flexibility index (Phi) is 6.68. The Bertz CT molecular complexity index is 727. The van der Waals surface area contributed by atoms with Gasteiger partial charge >= 0.3 is 5.97 Å². The van der Waals surface area contributed by atoms with Crippen LogP contribution in [0.1, 0.15) is 85.0 Å². The maximum absolute atomic E-state index is 12.0. The predicted molar refractivity (Wildman–Crippen MR) is 122 cm³/mol. The van der Waals surface area contributed by atoms with E-state index in [-0.39, 0.29) is 35.5 Å². The smallest absolute Gasteiger partial charge is 0.322 e. The summed E-state index contributed by atoms with van der Waals surface area (Å²) in [6.45, 7) is 6.65. The van der Waals surface area contributed by atoms with E-state index in [2.05, 4.69) is 26.1 Å². The number of hydrogen-bond acceptors (Lipinski definition) is 4. The second-order valence-electron chi connectivity index (χ2n) is 12.1. The highest BCUT2D eigenvalue weighted by atomic mass is 16.4. The van der Waals surface area contributed by atoms with Crippen molar-refractivity contribution in [3.8, 4) is 0 Å². The molecule has 0 aliphatic heterocycles. The number of amides is 1. The molecular formula is C26H43NO5. The Morgan fingerprint density at radius 1 is 1.03 bits per heavy atom. The summed E-state index contributed by atoms with van der Waals surface area (Å²) in [5.74, 6) is 1.84. The molecule has 0 aromatic heterocycles. The molecule has 0 bridgehead atoms. The number of fused-ring (bicyclic) bond motifs is 5. The molecule has 182 valence electrons. The average Bonchev–Trinajstić information content (AvgIpc) is 3.10. The molecule has 6 nitrogen and oxygen atoms in total. The van der Waals surface area contributed by atoms with Gasteiger partial charge in [-0.3, -0.25) is 9.59 Å². The minimum Gasteiger partial charge on any atom is -0.480 e. The molecule has 0 aromatic carbocycles. The summed E-state index contributed by atoms with van der Waals surface area (Å²) in [7, 11) is 0. The Hall–Kier alpha value is -1.14. The summed E-state index contributed by atoms with van der Waals surface area (Å²) in [6.07, 6.45) is 9.12. The molecule has 4 fully saturated rings.